The van der Waals surface area contributed by atoms with Gasteiger partial charge in [-0.25, -0.2) is 0 Å². The molecular weight excluding hydrogens is 244 g/mol. The van der Waals surface area contributed by atoms with Gasteiger partial charge in [0.15, 0.2) is 0 Å². The van der Waals surface area contributed by atoms with E-state index in [4.69, 9.17) is 5.73 Å². The monoisotopic (exact) mass is 266 g/mol. The van der Waals surface area contributed by atoms with Crippen LogP contribution in [0.1, 0.15) is 18.4 Å². The van der Waals surface area contributed by atoms with Crippen molar-refractivity contribution in [2.75, 3.05) is 18.6 Å². The van der Waals surface area contributed by atoms with Gasteiger partial charge in [0, 0.05) is 6.54 Å². The van der Waals surface area contributed by atoms with E-state index in [0.29, 0.717) is 6.54 Å². The summed E-state index contributed by atoms with van der Waals surface area (Å²) in [4.78, 5) is 11.6. The molecule has 0 aliphatic heterocycles. The highest BCUT2D eigenvalue weighted by Crippen LogP contribution is 2.02. The summed E-state index contributed by atoms with van der Waals surface area (Å²) in [7, 11) is 0. The summed E-state index contributed by atoms with van der Waals surface area (Å²) in [5.41, 5.74) is 7.08. The molecule has 0 aliphatic rings. The quantitative estimate of drug-likeness (QED) is 0.706. The van der Waals surface area contributed by atoms with E-state index in [1.54, 1.807) is 11.8 Å². The number of nitrogens with two attached hydrogens (primary N) is 1. The van der Waals surface area contributed by atoms with Crippen molar-refractivity contribution in [1.82, 2.24) is 5.32 Å². The summed E-state index contributed by atoms with van der Waals surface area (Å²) < 4.78 is 0. The van der Waals surface area contributed by atoms with Gasteiger partial charge >= 0.3 is 0 Å². The molecule has 0 aliphatic carbocycles. The van der Waals surface area contributed by atoms with E-state index in [9.17, 15) is 4.79 Å². The van der Waals surface area contributed by atoms with E-state index in [0.717, 1.165) is 25.0 Å². The number of benzene rings is 1. The lowest BCUT2D eigenvalue weighted by Crippen LogP contribution is -2.41. The Morgan fingerprint density at radius 3 is 2.78 bits per heavy atom. The van der Waals surface area contributed by atoms with E-state index in [1.165, 1.54) is 5.56 Å². The molecule has 0 fully saturated rings. The van der Waals surface area contributed by atoms with Crippen LogP contribution in [0.15, 0.2) is 30.3 Å². The number of rotatable bonds is 8. The number of hydrogen-bond acceptors (Lipinski definition) is 3. The molecule has 0 aromatic heterocycles. The standard InChI is InChI=1S/C14H22N2OS/c1-18-11-9-13(15)14(17)16-10-5-8-12-6-3-2-4-7-12/h2-4,6-7,13H,5,8-11,15H2,1H3,(H,16,17)/t13-/m0/s1. The molecule has 3 nitrogen and oxygen atoms in total. The number of amides is 1. The SMILES string of the molecule is CSCC[C@H](N)C(=O)NCCCc1ccccc1. The summed E-state index contributed by atoms with van der Waals surface area (Å²) in [6, 6.07) is 9.92. The van der Waals surface area contributed by atoms with Crippen LogP contribution in [0.2, 0.25) is 0 Å². The number of hydrogen-bond donors (Lipinski definition) is 2. The maximum atomic E-state index is 11.6. The molecule has 1 atom stereocenters. The summed E-state index contributed by atoms with van der Waals surface area (Å²) in [6.45, 7) is 0.695. The largest absolute Gasteiger partial charge is 0.355 e. The van der Waals surface area contributed by atoms with Crippen LogP contribution < -0.4 is 11.1 Å². The van der Waals surface area contributed by atoms with Gasteiger partial charge in [-0.1, -0.05) is 30.3 Å². The zero-order valence-electron chi connectivity index (χ0n) is 10.9. The van der Waals surface area contributed by atoms with Crippen molar-refractivity contribution in [3.8, 4) is 0 Å². The van der Waals surface area contributed by atoms with Crippen LogP contribution in [0.5, 0.6) is 0 Å². The van der Waals surface area contributed by atoms with Crippen LogP contribution in [-0.2, 0) is 11.2 Å². The van der Waals surface area contributed by atoms with Crippen molar-refractivity contribution in [3.63, 3.8) is 0 Å². The number of carbonyl (C=O) groups excluding carboxylic acids is 1. The van der Waals surface area contributed by atoms with Crippen molar-refractivity contribution in [1.29, 1.82) is 0 Å². The predicted molar refractivity (Wildman–Crippen MR) is 78.7 cm³/mol. The van der Waals surface area contributed by atoms with Crippen LogP contribution in [0, 0.1) is 0 Å². The number of nitrogens with one attached hydrogen (secondary N) is 1. The fraction of sp³-hybridized carbons (Fsp3) is 0.500. The Balaban J connectivity index is 2.12. The van der Waals surface area contributed by atoms with Crippen LogP contribution in [0.3, 0.4) is 0 Å². The predicted octanol–water partition coefficient (Wildman–Crippen LogP) is 1.82. The first-order valence-electron chi connectivity index (χ1n) is 6.30. The second-order valence-corrected chi connectivity index (χ2v) is 5.25. The van der Waals surface area contributed by atoms with E-state index in [2.05, 4.69) is 17.4 Å². The molecular formula is C14H22N2OS. The summed E-state index contributed by atoms with van der Waals surface area (Å²) in [5, 5.41) is 2.89. The lowest BCUT2D eigenvalue weighted by atomic mass is 10.1. The van der Waals surface area contributed by atoms with Crippen molar-refractivity contribution in [3.05, 3.63) is 35.9 Å². The van der Waals surface area contributed by atoms with Crippen molar-refractivity contribution in [2.45, 2.75) is 25.3 Å². The van der Waals surface area contributed by atoms with E-state index in [-0.39, 0.29) is 11.9 Å². The third-order valence-electron chi connectivity index (χ3n) is 2.75. The molecule has 0 heterocycles. The Morgan fingerprint density at radius 1 is 1.39 bits per heavy atom. The fourth-order valence-corrected chi connectivity index (χ4v) is 2.15. The molecule has 0 bridgehead atoms. The zero-order chi connectivity index (χ0) is 13.2. The minimum absolute atomic E-state index is 0.0305. The first kappa shape index (κ1) is 15.1. The first-order valence-corrected chi connectivity index (χ1v) is 7.69. The Bertz CT molecular complexity index is 343. The lowest BCUT2D eigenvalue weighted by molar-refractivity contribution is -0.122. The summed E-state index contributed by atoms with van der Waals surface area (Å²) in [6.07, 6.45) is 4.70. The maximum absolute atomic E-state index is 11.6. The smallest absolute Gasteiger partial charge is 0.236 e. The van der Waals surface area contributed by atoms with Crippen LogP contribution >= 0.6 is 11.8 Å². The average molecular weight is 266 g/mol. The second-order valence-electron chi connectivity index (χ2n) is 4.27. The van der Waals surface area contributed by atoms with Gasteiger partial charge in [0.05, 0.1) is 6.04 Å². The molecule has 0 unspecified atom stereocenters. The Kier molecular flexibility index (Phi) is 7.53. The molecule has 1 aromatic carbocycles. The molecule has 3 N–H and O–H groups in total. The molecule has 0 spiro atoms. The van der Waals surface area contributed by atoms with Gasteiger partial charge in [0.2, 0.25) is 5.91 Å². The number of carbonyl (C=O) groups is 1. The molecule has 0 radical (unpaired) electrons. The normalized spacial score (nSPS) is 12.1. The van der Waals surface area contributed by atoms with Crippen LogP contribution in [0.4, 0.5) is 0 Å². The highest BCUT2D eigenvalue weighted by molar-refractivity contribution is 7.98. The molecule has 1 rings (SSSR count). The fourth-order valence-electron chi connectivity index (χ4n) is 1.66. The van der Waals surface area contributed by atoms with Gasteiger partial charge in [0.25, 0.3) is 0 Å². The van der Waals surface area contributed by atoms with Crippen LogP contribution in [0.25, 0.3) is 0 Å². The summed E-state index contributed by atoms with van der Waals surface area (Å²) >= 11 is 1.71. The zero-order valence-corrected chi connectivity index (χ0v) is 11.7. The second kappa shape index (κ2) is 9.00. The van der Waals surface area contributed by atoms with Gasteiger partial charge in [0.1, 0.15) is 0 Å². The van der Waals surface area contributed by atoms with Gasteiger partial charge < -0.3 is 11.1 Å². The molecule has 0 saturated carbocycles. The molecule has 1 amide bonds. The molecule has 1 aromatic rings. The van der Waals surface area contributed by atoms with Gasteiger partial charge in [-0.15, -0.1) is 0 Å². The maximum Gasteiger partial charge on any atom is 0.236 e. The Hall–Kier alpha value is -1.00. The minimum atomic E-state index is -0.367. The third kappa shape index (κ3) is 6.07. The van der Waals surface area contributed by atoms with Crippen molar-refractivity contribution >= 4 is 17.7 Å². The van der Waals surface area contributed by atoms with E-state index >= 15 is 0 Å². The Morgan fingerprint density at radius 2 is 2.11 bits per heavy atom. The first-order chi connectivity index (χ1) is 8.74. The highest BCUT2D eigenvalue weighted by Gasteiger charge is 2.11. The van der Waals surface area contributed by atoms with Crippen molar-refractivity contribution in [2.24, 2.45) is 5.73 Å². The van der Waals surface area contributed by atoms with Crippen molar-refractivity contribution < 1.29 is 4.79 Å². The highest BCUT2D eigenvalue weighted by atomic mass is 32.2. The molecule has 18 heavy (non-hydrogen) atoms. The lowest BCUT2D eigenvalue weighted by Gasteiger charge is -2.11. The average Bonchev–Trinajstić information content (AvgIpc) is 2.41. The topological polar surface area (TPSA) is 55.1 Å². The molecule has 0 saturated heterocycles. The third-order valence-corrected chi connectivity index (χ3v) is 3.40. The minimum Gasteiger partial charge on any atom is -0.355 e. The Labute approximate surface area is 114 Å². The number of aryl methyl sites for hydroxylation is 1. The molecule has 4 heteroatoms. The van der Waals surface area contributed by atoms with Gasteiger partial charge in [-0.05, 0) is 36.8 Å². The molecule has 100 valence electrons. The number of thioether (sulfide) groups is 1. The van der Waals surface area contributed by atoms with Crippen LogP contribution in [-0.4, -0.2) is 30.5 Å². The van der Waals surface area contributed by atoms with E-state index in [1.807, 2.05) is 24.5 Å². The van der Waals surface area contributed by atoms with E-state index < -0.39 is 0 Å². The van der Waals surface area contributed by atoms with Gasteiger partial charge in [-0.3, -0.25) is 4.79 Å². The van der Waals surface area contributed by atoms with Gasteiger partial charge in [-0.2, -0.15) is 11.8 Å². The summed E-state index contributed by atoms with van der Waals surface area (Å²) in [5.74, 6) is 0.899.